The SMILES string of the molecule is CC(C)[Si](OCc1cccc(Nc2ccc(-c3ccc(Cl)c(Cl)c3)cc2C#N)c1)(C(C)C)C(C)C. The molecule has 3 nitrogen and oxygen atoms in total. The second kappa shape index (κ2) is 11.6. The van der Waals surface area contributed by atoms with E-state index in [0.29, 0.717) is 38.8 Å². The molecule has 3 rings (SSSR count). The van der Waals surface area contributed by atoms with Gasteiger partial charge in [-0.05, 0) is 69.7 Å². The molecule has 0 radical (unpaired) electrons. The third-order valence-electron chi connectivity index (χ3n) is 6.79. The van der Waals surface area contributed by atoms with E-state index in [4.69, 9.17) is 27.6 Å². The van der Waals surface area contributed by atoms with Crippen molar-refractivity contribution < 1.29 is 4.43 Å². The lowest BCUT2D eigenvalue weighted by Crippen LogP contribution is -2.47. The van der Waals surface area contributed by atoms with Gasteiger partial charge in [0, 0.05) is 5.69 Å². The zero-order chi connectivity index (χ0) is 25.8. The molecule has 0 heterocycles. The monoisotopic (exact) mass is 524 g/mol. The minimum atomic E-state index is -1.94. The van der Waals surface area contributed by atoms with Gasteiger partial charge < -0.3 is 9.74 Å². The van der Waals surface area contributed by atoms with E-state index in [0.717, 1.165) is 28.1 Å². The number of rotatable bonds is 9. The van der Waals surface area contributed by atoms with Crippen molar-refractivity contribution in [1.29, 1.82) is 5.26 Å². The lowest BCUT2D eigenvalue weighted by atomic mass is 10.0. The second-order valence-corrected chi connectivity index (χ2v) is 16.2. The first-order valence-corrected chi connectivity index (χ1v) is 15.0. The van der Waals surface area contributed by atoms with Crippen LogP contribution in [0, 0.1) is 11.3 Å². The third-order valence-corrected chi connectivity index (χ3v) is 13.6. The summed E-state index contributed by atoms with van der Waals surface area (Å²) in [5.41, 5.74) is 6.80. The summed E-state index contributed by atoms with van der Waals surface area (Å²) in [6.45, 7) is 14.4. The Hall–Kier alpha value is -2.29. The zero-order valence-electron chi connectivity index (χ0n) is 21.3. The average Bonchev–Trinajstić information content (AvgIpc) is 2.81. The Balaban J connectivity index is 1.81. The summed E-state index contributed by atoms with van der Waals surface area (Å²) in [7, 11) is -1.94. The zero-order valence-corrected chi connectivity index (χ0v) is 23.8. The van der Waals surface area contributed by atoms with Crippen molar-refractivity contribution in [3.8, 4) is 17.2 Å². The summed E-state index contributed by atoms with van der Waals surface area (Å²) in [4.78, 5) is 0. The number of nitriles is 1. The van der Waals surface area contributed by atoms with Gasteiger partial charge in [-0.25, -0.2) is 0 Å². The van der Waals surface area contributed by atoms with Crippen molar-refractivity contribution in [3.05, 3.63) is 81.8 Å². The van der Waals surface area contributed by atoms with E-state index in [-0.39, 0.29) is 0 Å². The predicted molar refractivity (Wildman–Crippen MR) is 152 cm³/mol. The molecule has 6 heteroatoms. The molecule has 0 spiro atoms. The van der Waals surface area contributed by atoms with Gasteiger partial charge in [-0.2, -0.15) is 5.26 Å². The van der Waals surface area contributed by atoms with Crippen LogP contribution in [0.1, 0.15) is 52.7 Å². The molecule has 0 aliphatic rings. The molecule has 0 fully saturated rings. The van der Waals surface area contributed by atoms with Gasteiger partial charge in [0.05, 0.1) is 27.9 Å². The van der Waals surface area contributed by atoms with Gasteiger partial charge in [-0.3, -0.25) is 0 Å². The van der Waals surface area contributed by atoms with Crippen molar-refractivity contribution in [2.24, 2.45) is 0 Å². The molecule has 0 saturated carbocycles. The van der Waals surface area contributed by atoms with Crippen molar-refractivity contribution >= 4 is 42.9 Å². The summed E-state index contributed by atoms with van der Waals surface area (Å²) >= 11 is 12.2. The van der Waals surface area contributed by atoms with E-state index in [1.165, 1.54) is 0 Å². The fourth-order valence-corrected chi connectivity index (χ4v) is 10.9. The summed E-state index contributed by atoms with van der Waals surface area (Å²) in [6.07, 6.45) is 0. The topological polar surface area (TPSA) is 45.0 Å². The highest BCUT2D eigenvalue weighted by atomic mass is 35.5. The molecule has 3 aromatic rings. The Morgan fingerprint density at radius 1 is 0.829 bits per heavy atom. The van der Waals surface area contributed by atoms with Gasteiger partial charge in [-0.1, -0.05) is 89.0 Å². The normalized spacial score (nSPS) is 11.8. The van der Waals surface area contributed by atoms with Crippen LogP contribution in [-0.2, 0) is 11.0 Å². The molecule has 184 valence electrons. The standard InChI is InChI=1S/C29H34Cl2N2OSi/c1-19(2)35(20(3)4,21(5)6)34-18-22-8-7-9-26(14-22)33-29-13-11-23(15-25(29)17-32)24-10-12-27(30)28(31)16-24/h7-16,19-21,33H,18H2,1-6H3. The van der Waals surface area contributed by atoms with E-state index in [1.807, 2.05) is 42.5 Å². The van der Waals surface area contributed by atoms with Crippen LogP contribution in [-0.4, -0.2) is 8.32 Å². The molecule has 3 aromatic carbocycles. The van der Waals surface area contributed by atoms with E-state index >= 15 is 0 Å². The number of halogens is 2. The molecule has 1 N–H and O–H groups in total. The highest BCUT2D eigenvalue weighted by Gasteiger charge is 2.44. The smallest absolute Gasteiger partial charge is 0.200 e. The van der Waals surface area contributed by atoms with Gasteiger partial charge >= 0.3 is 0 Å². The van der Waals surface area contributed by atoms with Gasteiger partial charge in [-0.15, -0.1) is 0 Å². The van der Waals surface area contributed by atoms with Gasteiger partial charge in [0.15, 0.2) is 0 Å². The maximum absolute atomic E-state index is 9.80. The second-order valence-electron chi connectivity index (χ2n) is 9.93. The first-order chi connectivity index (χ1) is 16.6. The lowest BCUT2D eigenvalue weighted by Gasteiger charge is -2.42. The highest BCUT2D eigenvalue weighted by Crippen LogP contribution is 2.43. The molecule has 0 aliphatic carbocycles. The van der Waals surface area contributed by atoms with Crippen LogP contribution in [0.15, 0.2) is 60.7 Å². The van der Waals surface area contributed by atoms with Crippen LogP contribution < -0.4 is 5.32 Å². The fourth-order valence-electron chi connectivity index (χ4n) is 5.20. The molecular weight excluding hydrogens is 491 g/mol. The van der Waals surface area contributed by atoms with Crippen molar-refractivity contribution in [1.82, 2.24) is 0 Å². The lowest BCUT2D eigenvalue weighted by molar-refractivity contribution is 0.266. The summed E-state index contributed by atoms with van der Waals surface area (Å²) in [5, 5.41) is 14.2. The first kappa shape index (κ1) is 27.3. The molecule has 0 unspecified atom stereocenters. The number of anilines is 2. The Morgan fingerprint density at radius 3 is 2.06 bits per heavy atom. The van der Waals surface area contributed by atoms with Crippen molar-refractivity contribution in [2.45, 2.75) is 64.8 Å². The molecular formula is C29H34Cl2N2OSi. The quantitative estimate of drug-likeness (QED) is 0.283. The van der Waals surface area contributed by atoms with Crippen LogP contribution in [0.25, 0.3) is 11.1 Å². The Kier molecular flexibility index (Phi) is 9.07. The molecule has 0 bridgehead atoms. The number of nitrogens with one attached hydrogen (secondary N) is 1. The molecule has 35 heavy (non-hydrogen) atoms. The van der Waals surface area contributed by atoms with Crippen molar-refractivity contribution in [2.75, 3.05) is 5.32 Å². The predicted octanol–water partition coefficient (Wildman–Crippen LogP) is 9.97. The van der Waals surface area contributed by atoms with E-state index in [1.54, 1.807) is 6.07 Å². The maximum Gasteiger partial charge on any atom is 0.200 e. The Labute approximate surface area is 221 Å². The number of hydrogen-bond acceptors (Lipinski definition) is 3. The Bertz CT molecular complexity index is 1200. The maximum atomic E-state index is 9.80. The summed E-state index contributed by atoms with van der Waals surface area (Å²) in [5.74, 6) is 0. The van der Waals surface area contributed by atoms with E-state index in [9.17, 15) is 5.26 Å². The summed E-state index contributed by atoms with van der Waals surface area (Å²) in [6, 6.07) is 21.8. The van der Waals surface area contributed by atoms with Crippen LogP contribution in [0.2, 0.25) is 26.7 Å². The minimum absolute atomic E-state index is 0.489. The fraction of sp³-hybridized carbons (Fsp3) is 0.345. The van der Waals surface area contributed by atoms with E-state index in [2.05, 4.69) is 65.1 Å². The molecule has 0 aromatic heterocycles. The van der Waals surface area contributed by atoms with E-state index < -0.39 is 8.32 Å². The molecule has 0 atom stereocenters. The largest absolute Gasteiger partial charge is 0.412 e. The molecule has 0 saturated heterocycles. The Morgan fingerprint density at radius 2 is 1.46 bits per heavy atom. The number of nitrogens with zero attached hydrogens (tertiary/aromatic N) is 1. The minimum Gasteiger partial charge on any atom is -0.412 e. The summed E-state index contributed by atoms with van der Waals surface area (Å²) < 4.78 is 6.77. The average molecular weight is 526 g/mol. The van der Waals surface area contributed by atoms with Crippen LogP contribution in [0.4, 0.5) is 11.4 Å². The van der Waals surface area contributed by atoms with Crippen molar-refractivity contribution in [3.63, 3.8) is 0 Å². The van der Waals surface area contributed by atoms with Gasteiger partial charge in [0.1, 0.15) is 6.07 Å². The highest BCUT2D eigenvalue weighted by molar-refractivity contribution is 6.77. The van der Waals surface area contributed by atoms with Crippen LogP contribution in [0.5, 0.6) is 0 Å². The number of benzene rings is 3. The molecule has 0 amide bonds. The first-order valence-electron chi connectivity index (χ1n) is 12.1. The van der Waals surface area contributed by atoms with Gasteiger partial charge in [0.2, 0.25) is 8.32 Å². The van der Waals surface area contributed by atoms with Crippen LogP contribution >= 0.6 is 23.2 Å². The van der Waals surface area contributed by atoms with Gasteiger partial charge in [0.25, 0.3) is 0 Å². The number of hydrogen-bond donors (Lipinski definition) is 1. The van der Waals surface area contributed by atoms with Crippen LogP contribution in [0.3, 0.4) is 0 Å². The third kappa shape index (κ3) is 6.10. The molecule has 0 aliphatic heterocycles.